The molecule has 2 aromatic heterocycles. The number of benzene rings is 5. The van der Waals surface area contributed by atoms with E-state index in [0.717, 1.165) is 72.5 Å². The van der Waals surface area contributed by atoms with Crippen molar-refractivity contribution in [2.45, 2.75) is 52.4 Å². The molecular weight excluding hydrogens is 550 g/mol. The molecule has 4 heteroatoms. The van der Waals surface area contributed by atoms with Crippen LogP contribution in [0, 0.1) is 0 Å². The molecule has 0 aliphatic rings. The van der Waals surface area contributed by atoms with Crippen LogP contribution < -0.4 is 0 Å². The summed E-state index contributed by atoms with van der Waals surface area (Å²) in [4.78, 5) is 14.9. The lowest BCUT2D eigenvalue weighted by Crippen LogP contribution is -2.24. The molecule has 0 bridgehead atoms. The highest BCUT2D eigenvalue weighted by atomic mass is 16.3. The molecule has 0 N–H and O–H groups in total. The Morgan fingerprint density at radius 3 is 1.33 bits per heavy atom. The first-order chi connectivity index (χ1) is 21.6. The molecule has 222 valence electrons. The predicted octanol–water partition coefficient (Wildman–Crippen LogP) is 11.0. The molecule has 0 saturated carbocycles. The Morgan fingerprint density at radius 1 is 0.422 bits per heavy atom. The molecule has 0 aliphatic heterocycles. The average molecular weight is 588 g/mol. The first kappa shape index (κ1) is 28.7. The van der Waals surface area contributed by atoms with Crippen LogP contribution in [-0.2, 0) is 10.8 Å². The number of hydrogen-bond acceptors (Lipinski definition) is 4. The van der Waals surface area contributed by atoms with E-state index in [0.29, 0.717) is 5.82 Å². The van der Waals surface area contributed by atoms with Crippen LogP contribution in [0.25, 0.3) is 66.7 Å². The summed E-state index contributed by atoms with van der Waals surface area (Å²) in [6.07, 6.45) is 0. The van der Waals surface area contributed by atoms with Crippen molar-refractivity contribution in [2.24, 2.45) is 0 Å². The van der Waals surface area contributed by atoms with Gasteiger partial charge in [0.2, 0.25) is 0 Å². The van der Waals surface area contributed by atoms with E-state index >= 15 is 0 Å². The molecule has 7 rings (SSSR count). The van der Waals surface area contributed by atoms with Crippen molar-refractivity contribution < 1.29 is 4.42 Å². The number of fused-ring (bicyclic) bond motifs is 3. The molecular formula is C41H37N3O. The quantitative estimate of drug-likeness (QED) is 0.206. The third kappa shape index (κ3) is 5.21. The van der Waals surface area contributed by atoms with Crippen LogP contribution in [0.5, 0.6) is 0 Å². The number of para-hydroxylation sites is 2. The Bertz CT molecular complexity index is 2080. The zero-order valence-corrected chi connectivity index (χ0v) is 26.7. The van der Waals surface area contributed by atoms with Gasteiger partial charge in [0.1, 0.15) is 22.8 Å². The zero-order valence-electron chi connectivity index (χ0n) is 26.7. The van der Waals surface area contributed by atoms with E-state index in [2.05, 4.69) is 157 Å². The van der Waals surface area contributed by atoms with Crippen molar-refractivity contribution >= 4 is 21.9 Å². The third-order valence-electron chi connectivity index (χ3n) is 8.25. The lowest BCUT2D eigenvalue weighted by Gasteiger charge is -2.22. The standard InChI is InChI=1S/C41H37N3O/c1-40(2,3)38-42-37(43-39(44-38)41(4,5)6)33-25-15-23-31-30-22-14-24-32(35(30)45-36(31)33)34-28(26-16-9-7-10-17-26)20-13-21-29(34)27-18-11-8-12-19-27/h7-25H,1-6H3. The topological polar surface area (TPSA) is 51.8 Å². The highest BCUT2D eigenvalue weighted by Crippen LogP contribution is 2.45. The maximum Gasteiger partial charge on any atom is 0.167 e. The fourth-order valence-corrected chi connectivity index (χ4v) is 5.92. The molecule has 45 heavy (non-hydrogen) atoms. The molecule has 0 fully saturated rings. The van der Waals surface area contributed by atoms with Crippen LogP contribution in [0.2, 0.25) is 0 Å². The summed E-state index contributed by atoms with van der Waals surface area (Å²) in [7, 11) is 0. The van der Waals surface area contributed by atoms with Gasteiger partial charge in [-0.15, -0.1) is 0 Å². The maximum absolute atomic E-state index is 6.96. The minimum atomic E-state index is -0.235. The SMILES string of the molecule is CC(C)(C)c1nc(-c2cccc3c2oc2c(-c4c(-c5ccccc5)cccc4-c4ccccc4)cccc23)nc(C(C)(C)C)n1. The fraction of sp³-hybridized carbons (Fsp3) is 0.195. The molecule has 0 amide bonds. The van der Waals surface area contributed by atoms with E-state index in [4.69, 9.17) is 19.4 Å². The Morgan fingerprint density at radius 2 is 0.844 bits per heavy atom. The highest BCUT2D eigenvalue weighted by molar-refractivity contribution is 6.14. The molecule has 4 nitrogen and oxygen atoms in total. The molecule has 0 aliphatic carbocycles. The number of nitrogens with zero attached hydrogens (tertiary/aromatic N) is 3. The van der Waals surface area contributed by atoms with Crippen molar-refractivity contribution in [3.8, 4) is 44.8 Å². The zero-order chi connectivity index (χ0) is 31.3. The molecule has 0 atom stereocenters. The van der Waals surface area contributed by atoms with Crippen LogP contribution in [0.3, 0.4) is 0 Å². The number of rotatable bonds is 4. The van der Waals surface area contributed by atoms with Gasteiger partial charge in [-0.2, -0.15) is 0 Å². The van der Waals surface area contributed by atoms with Gasteiger partial charge in [-0.3, -0.25) is 0 Å². The van der Waals surface area contributed by atoms with Crippen LogP contribution in [0.15, 0.2) is 120 Å². The molecule has 0 spiro atoms. The van der Waals surface area contributed by atoms with Gasteiger partial charge in [0.05, 0.1) is 5.56 Å². The van der Waals surface area contributed by atoms with Gasteiger partial charge in [0, 0.05) is 32.7 Å². The Balaban J connectivity index is 1.53. The number of hydrogen-bond donors (Lipinski definition) is 0. The second-order valence-corrected chi connectivity index (χ2v) is 13.7. The van der Waals surface area contributed by atoms with Crippen molar-refractivity contribution in [3.05, 3.63) is 127 Å². The predicted molar refractivity (Wildman–Crippen MR) is 186 cm³/mol. The molecule has 0 unspecified atom stereocenters. The monoisotopic (exact) mass is 587 g/mol. The Labute approximate surface area is 264 Å². The first-order valence-electron chi connectivity index (χ1n) is 15.6. The smallest absolute Gasteiger partial charge is 0.167 e. The van der Waals surface area contributed by atoms with Gasteiger partial charge in [0.15, 0.2) is 5.82 Å². The third-order valence-corrected chi connectivity index (χ3v) is 8.25. The summed E-state index contributed by atoms with van der Waals surface area (Å²) in [6, 6.07) is 40.5. The van der Waals surface area contributed by atoms with E-state index in [-0.39, 0.29) is 10.8 Å². The molecule has 5 aromatic carbocycles. The van der Waals surface area contributed by atoms with Crippen LogP contribution >= 0.6 is 0 Å². The van der Waals surface area contributed by atoms with E-state index in [1.54, 1.807) is 0 Å². The highest BCUT2D eigenvalue weighted by Gasteiger charge is 2.27. The van der Waals surface area contributed by atoms with Gasteiger partial charge >= 0.3 is 0 Å². The largest absolute Gasteiger partial charge is 0.455 e. The summed E-state index contributed by atoms with van der Waals surface area (Å²) in [5.41, 5.74) is 8.87. The Kier molecular flexibility index (Phi) is 6.89. The molecule has 7 aromatic rings. The fourth-order valence-electron chi connectivity index (χ4n) is 5.92. The average Bonchev–Trinajstić information content (AvgIpc) is 3.43. The molecule has 2 heterocycles. The van der Waals surface area contributed by atoms with Crippen LogP contribution in [0.1, 0.15) is 53.2 Å². The minimum Gasteiger partial charge on any atom is -0.455 e. The van der Waals surface area contributed by atoms with E-state index in [1.807, 2.05) is 0 Å². The van der Waals surface area contributed by atoms with E-state index in [9.17, 15) is 0 Å². The number of aromatic nitrogens is 3. The first-order valence-corrected chi connectivity index (χ1v) is 15.6. The van der Waals surface area contributed by atoms with Crippen LogP contribution in [-0.4, -0.2) is 15.0 Å². The van der Waals surface area contributed by atoms with Crippen molar-refractivity contribution in [1.82, 2.24) is 15.0 Å². The molecule has 0 saturated heterocycles. The van der Waals surface area contributed by atoms with Crippen molar-refractivity contribution in [2.75, 3.05) is 0 Å². The summed E-state index contributed by atoms with van der Waals surface area (Å²) in [5, 5.41) is 2.10. The van der Waals surface area contributed by atoms with Gasteiger partial charge in [-0.25, -0.2) is 15.0 Å². The summed E-state index contributed by atoms with van der Waals surface area (Å²) in [5.74, 6) is 2.19. The number of furan rings is 1. The second-order valence-electron chi connectivity index (χ2n) is 13.7. The van der Waals surface area contributed by atoms with Crippen molar-refractivity contribution in [1.29, 1.82) is 0 Å². The maximum atomic E-state index is 6.96. The second kappa shape index (κ2) is 10.8. The summed E-state index contributed by atoms with van der Waals surface area (Å²) >= 11 is 0. The Hall–Kier alpha value is -5.09. The lowest BCUT2D eigenvalue weighted by molar-refractivity contribution is 0.497. The van der Waals surface area contributed by atoms with Crippen LogP contribution in [0.4, 0.5) is 0 Å². The minimum absolute atomic E-state index is 0.235. The van der Waals surface area contributed by atoms with Gasteiger partial charge in [-0.1, -0.05) is 151 Å². The normalized spacial score (nSPS) is 12.2. The summed E-state index contributed by atoms with van der Waals surface area (Å²) in [6.45, 7) is 12.8. The lowest BCUT2D eigenvalue weighted by atomic mass is 9.87. The van der Waals surface area contributed by atoms with E-state index < -0.39 is 0 Å². The summed E-state index contributed by atoms with van der Waals surface area (Å²) < 4.78 is 6.96. The van der Waals surface area contributed by atoms with Gasteiger partial charge in [-0.05, 0) is 28.3 Å². The van der Waals surface area contributed by atoms with Gasteiger partial charge in [0.25, 0.3) is 0 Å². The van der Waals surface area contributed by atoms with E-state index in [1.165, 1.54) is 0 Å². The van der Waals surface area contributed by atoms with Gasteiger partial charge < -0.3 is 4.42 Å². The molecule has 0 radical (unpaired) electrons. The van der Waals surface area contributed by atoms with Crippen molar-refractivity contribution in [3.63, 3.8) is 0 Å².